The quantitative estimate of drug-likeness (QED) is 0.430. The molecule has 0 rings (SSSR count). The topological polar surface area (TPSA) is 36.1 Å². The Balaban J connectivity index is 2.81. The van der Waals surface area contributed by atoms with E-state index in [9.17, 15) is 0 Å². The van der Waals surface area contributed by atoms with Gasteiger partial charge in [0.1, 0.15) is 0 Å². The Hall–Kier alpha value is -0.120. The molecule has 0 spiro atoms. The third-order valence-electron chi connectivity index (χ3n) is 2.44. The molecule has 3 nitrogen and oxygen atoms in total. The summed E-state index contributed by atoms with van der Waals surface area (Å²) in [7, 11) is 2.00. The molecule has 0 saturated carbocycles. The van der Waals surface area contributed by atoms with Gasteiger partial charge < -0.3 is 16.0 Å². The van der Waals surface area contributed by atoms with Crippen LogP contribution in [0.2, 0.25) is 0 Å². The lowest BCUT2D eigenvalue weighted by molar-refractivity contribution is 0.561. The molecular formula is C12H29N3. The first-order chi connectivity index (χ1) is 7.41. The monoisotopic (exact) mass is 215 g/mol. The summed E-state index contributed by atoms with van der Waals surface area (Å²) in [5.74, 6) is 0. The molecule has 0 fully saturated rings. The highest BCUT2D eigenvalue weighted by molar-refractivity contribution is 4.52. The van der Waals surface area contributed by atoms with Gasteiger partial charge in [0, 0.05) is 0 Å². The van der Waals surface area contributed by atoms with E-state index < -0.39 is 0 Å². The third kappa shape index (κ3) is 13.9. The summed E-state index contributed by atoms with van der Waals surface area (Å²) in [5.41, 5.74) is 0. The Kier molecular flexibility index (Phi) is 13.8. The van der Waals surface area contributed by atoms with Gasteiger partial charge >= 0.3 is 0 Å². The van der Waals surface area contributed by atoms with Gasteiger partial charge in [0.15, 0.2) is 0 Å². The number of rotatable bonds is 12. The predicted molar refractivity (Wildman–Crippen MR) is 68.4 cm³/mol. The first kappa shape index (κ1) is 14.9. The molecule has 0 aromatic rings. The Bertz CT molecular complexity index is 95.0. The van der Waals surface area contributed by atoms with Crippen LogP contribution in [0.15, 0.2) is 0 Å². The molecule has 0 aromatic heterocycles. The SMILES string of the molecule is CCCCNCCCCNCCCNC. The van der Waals surface area contributed by atoms with E-state index in [1.165, 1.54) is 51.7 Å². The molecule has 3 heteroatoms. The number of hydrogen-bond acceptors (Lipinski definition) is 3. The van der Waals surface area contributed by atoms with E-state index in [4.69, 9.17) is 0 Å². The van der Waals surface area contributed by atoms with E-state index in [1.807, 2.05) is 7.05 Å². The Labute approximate surface area is 95.4 Å². The lowest BCUT2D eigenvalue weighted by Gasteiger charge is -2.05. The minimum absolute atomic E-state index is 1.12. The van der Waals surface area contributed by atoms with Crippen molar-refractivity contribution in [2.45, 2.75) is 39.0 Å². The van der Waals surface area contributed by atoms with Crippen LogP contribution in [-0.2, 0) is 0 Å². The highest BCUT2D eigenvalue weighted by Gasteiger charge is 1.89. The van der Waals surface area contributed by atoms with Crippen LogP contribution in [0.4, 0.5) is 0 Å². The molecule has 0 aliphatic carbocycles. The zero-order valence-corrected chi connectivity index (χ0v) is 10.6. The van der Waals surface area contributed by atoms with Crippen molar-refractivity contribution >= 4 is 0 Å². The summed E-state index contributed by atoms with van der Waals surface area (Å²) in [6, 6.07) is 0. The van der Waals surface area contributed by atoms with Crippen LogP contribution in [0.3, 0.4) is 0 Å². The highest BCUT2D eigenvalue weighted by Crippen LogP contribution is 1.87. The fourth-order valence-electron chi connectivity index (χ4n) is 1.44. The van der Waals surface area contributed by atoms with Crippen molar-refractivity contribution in [3.05, 3.63) is 0 Å². The van der Waals surface area contributed by atoms with Gasteiger partial charge in [-0.1, -0.05) is 13.3 Å². The molecular weight excluding hydrogens is 186 g/mol. The molecule has 0 heterocycles. The summed E-state index contributed by atoms with van der Waals surface area (Å²) in [6.07, 6.45) is 6.41. The summed E-state index contributed by atoms with van der Waals surface area (Å²) in [5, 5.41) is 10.1. The maximum atomic E-state index is 3.46. The fourth-order valence-corrected chi connectivity index (χ4v) is 1.44. The van der Waals surface area contributed by atoms with Crippen LogP contribution in [0.1, 0.15) is 39.0 Å². The summed E-state index contributed by atoms with van der Waals surface area (Å²) in [4.78, 5) is 0. The lowest BCUT2D eigenvalue weighted by Crippen LogP contribution is -2.22. The van der Waals surface area contributed by atoms with Crippen molar-refractivity contribution in [1.82, 2.24) is 16.0 Å². The van der Waals surface area contributed by atoms with Crippen LogP contribution in [0, 0.1) is 0 Å². The normalized spacial score (nSPS) is 10.8. The molecule has 0 aliphatic heterocycles. The molecule has 15 heavy (non-hydrogen) atoms. The van der Waals surface area contributed by atoms with E-state index >= 15 is 0 Å². The van der Waals surface area contributed by atoms with Crippen LogP contribution < -0.4 is 16.0 Å². The van der Waals surface area contributed by atoms with Crippen molar-refractivity contribution in [3.8, 4) is 0 Å². The Morgan fingerprint density at radius 1 is 0.667 bits per heavy atom. The molecule has 3 N–H and O–H groups in total. The number of hydrogen-bond donors (Lipinski definition) is 3. The van der Waals surface area contributed by atoms with Gasteiger partial charge in [-0.15, -0.1) is 0 Å². The average molecular weight is 215 g/mol. The largest absolute Gasteiger partial charge is 0.320 e. The molecule has 0 bridgehead atoms. The van der Waals surface area contributed by atoms with Crippen molar-refractivity contribution in [2.75, 3.05) is 39.8 Å². The minimum atomic E-state index is 1.12. The van der Waals surface area contributed by atoms with Crippen LogP contribution in [-0.4, -0.2) is 39.8 Å². The van der Waals surface area contributed by atoms with Crippen molar-refractivity contribution in [2.24, 2.45) is 0 Å². The second-order valence-electron chi connectivity index (χ2n) is 4.02. The van der Waals surface area contributed by atoms with Crippen molar-refractivity contribution < 1.29 is 0 Å². The van der Waals surface area contributed by atoms with Crippen molar-refractivity contribution in [1.29, 1.82) is 0 Å². The average Bonchev–Trinajstić information content (AvgIpc) is 2.26. The Morgan fingerprint density at radius 3 is 1.73 bits per heavy atom. The predicted octanol–water partition coefficient (Wildman–Crippen LogP) is 1.36. The van der Waals surface area contributed by atoms with E-state index in [0.29, 0.717) is 0 Å². The zero-order chi connectivity index (χ0) is 11.2. The van der Waals surface area contributed by atoms with Crippen LogP contribution in [0.5, 0.6) is 0 Å². The van der Waals surface area contributed by atoms with Crippen LogP contribution >= 0.6 is 0 Å². The lowest BCUT2D eigenvalue weighted by atomic mass is 10.3. The molecule has 0 aliphatic rings. The molecule has 0 atom stereocenters. The molecule has 0 amide bonds. The van der Waals surface area contributed by atoms with Crippen molar-refractivity contribution in [3.63, 3.8) is 0 Å². The molecule has 0 aromatic carbocycles. The molecule has 0 unspecified atom stereocenters. The summed E-state index contributed by atoms with van der Waals surface area (Å²) in [6.45, 7) is 8.02. The van der Waals surface area contributed by atoms with E-state index in [0.717, 1.165) is 13.1 Å². The highest BCUT2D eigenvalue weighted by atomic mass is 14.9. The fraction of sp³-hybridized carbons (Fsp3) is 1.00. The molecule has 0 saturated heterocycles. The van der Waals surface area contributed by atoms with Gasteiger partial charge in [0.05, 0.1) is 0 Å². The minimum Gasteiger partial charge on any atom is -0.320 e. The first-order valence-electron chi connectivity index (χ1n) is 6.47. The molecule has 92 valence electrons. The maximum absolute atomic E-state index is 3.46. The molecule has 0 radical (unpaired) electrons. The number of nitrogens with one attached hydrogen (secondary N) is 3. The van der Waals surface area contributed by atoms with E-state index in [1.54, 1.807) is 0 Å². The smallest absolute Gasteiger partial charge is 0.00368 e. The van der Waals surface area contributed by atoms with Gasteiger partial charge in [-0.25, -0.2) is 0 Å². The van der Waals surface area contributed by atoms with Crippen LogP contribution in [0.25, 0.3) is 0 Å². The van der Waals surface area contributed by atoms with E-state index in [2.05, 4.69) is 22.9 Å². The number of unbranched alkanes of at least 4 members (excludes halogenated alkanes) is 2. The first-order valence-corrected chi connectivity index (χ1v) is 6.47. The standard InChI is InChI=1S/C12H29N3/c1-3-4-9-14-10-5-6-11-15-12-7-8-13-2/h13-15H,3-12H2,1-2H3. The van der Waals surface area contributed by atoms with Gasteiger partial charge in [0.2, 0.25) is 0 Å². The summed E-state index contributed by atoms with van der Waals surface area (Å²) >= 11 is 0. The second-order valence-corrected chi connectivity index (χ2v) is 4.02. The van der Waals surface area contributed by atoms with Gasteiger partial charge in [-0.05, 0) is 65.5 Å². The summed E-state index contributed by atoms with van der Waals surface area (Å²) < 4.78 is 0. The Morgan fingerprint density at radius 2 is 1.20 bits per heavy atom. The maximum Gasteiger partial charge on any atom is -0.00368 e. The zero-order valence-electron chi connectivity index (χ0n) is 10.6. The van der Waals surface area contributed by atoms with Gasteiger partial charge in [0.25, 0.3) is 0 Å². The van der Waals surface area contributed by atoms with Gasteiger partial charge in [-0.2, -0.15) is 0 Å². The third-order valence-corrected chi connectivity index (χ3v) is 2.44. The van der Waals surface area contributed by atoms with Gasteiger partial charge in [-0.3, -0.25) is 0 Å². The second kappa shape index (κ2) is 13.9. The van der Waals surface area contributed by atoms with E-state index in [-0.39, 0.29) is 0 Å².